The zero-order valence-corrected chi connectivity index (χ0v) is 13.4. The summed E-state index contributed by atoms with van der Waals surface area (Å²) in [4.78, 5) is 12.5. The summed E-state index contributed by atoms with van der Waals surface area (Å²) in [6.07, 6.45) is 0.770. The molecule has 0 atom stereocenters. The number of alkyl halides is 1. The molecular formula is C18H15Cl2NO. The number of benzene rings is 2. The highest BCUT2D eigenvalue weighted by Crippen LogP contribution is 2.28. The molecule has 0 radical (unpaired) electrons. The molecule has 0 fully saturated rings. The fourth-order valence-electron chi connectivity index (χ4n) is 2.65. The minimum Gasteiger partial charge on any atom is -0.308 e. The minimum absolute atomic E-state index is 0.00577. The van der Waals surface area contributed by atoms with Crippen molar-refractivity contribution in [3.63, 3.8) is 0 Å². The first kappa shape index (κ1) is 15.1. The SMILES string of the molecule is O=c1cc(-c2ccc(Cl)cc2)c2ccccc2n1CCCCl. The van der Waals surface area contributed by atoms with E-state index in [0.29, 0.717) is 17.4 Å². The molecule has 22 heavy (non-hydrogen) atoms. The Labute approximate surface area is 138 Å². The summed E-state index contributed by atoms with van der Waals surface area (Å²) in [5.74, 6) is 0.541. The fourth-order valence-corrected chi connectivity index (χ4v) is 2.90. The molecule has 1 aromatic heterocycles. The molecule has 0 saturated heterocycles. The number of aryl methyl sites for hydroxylation is 1. The van der Waals surface area contributed by atoms with Gasteiger partial charge in [0, 0.05) is 28.9 Å². The van der Waals surface area contributed by atoms with Gasteiger partial charge in [-0.15, -0.1) is 11.6 Å². The van der Waals surface area contributed by atoms with Crippen molar-refractivity contribution in [2.75, 3.05) is 5.88 Å². The molecule has 0 spiro atoms. The lowest BCUT2D eigenvalue weighted by Crippen LogP contribution is -2.20. The molecule has 1 heterocycles. The van der Waals surface area contributed by atoms with Gasteiger partial charge in [-0.25, -0.2) is 0 Å². The van der Waals surface area contributed by atoms with Gasteiger partial charge in [-0.3, -0.25) is 4.79 Å². The number of fused-ring (bicyclic) bond motifs is 1. The van der Waals surface area contributed by atoms with Gasteiger partial charge in [0.05, 0.1) is 5.52 Å². The third-order valence-electron chi connectivity index (χ3n) is 3.69. The Hall–Kier alpha value is -1.77. The first-order valence-electron chi connectivity index (χ1n) is 7.15. The van der Waals surface area contributed by atoms with Crippen molar-refractivity contribution in [2.45, 2.75) is 13.0 Å². The van der Waals surface area contributed by atoms with Crippen molar-refractivity contribution in [3.8, 4) is 11.1 Å². The molecule has 3 aromatic rings. The molecule has 0 saturated carbocycles. The number of nitrogens with zero attached hydrogens (tertiary/aromatic N) is 1. The first-order chi connectivity index (χ1) is 10.7. The summed E-state index contributed by atoms with van der Waals surface area (Å²) in [7, 11) is 0. The number of aromatic nitrogens is 1. The molecular weight excluding hydrogens is 317 g/mol. The van der Waals surface area contributed by atoms with E-state index in [1.807, 2.05) is 48.5 Å². The second-order valence-electron chi connectivity index (χ2n) is 5.11. The molecule has 0 aliphatic heterocycles. The predicted octanol–water partition coefficient (Wildman–Crippen LogP) is 4.95. The van der Waals surface area contributed by atoms with E-state index in [1.54, 1.807) is 10.6 Å². The van der Waals surface area contributed by atoms with Crippen LogP contribution in [-0.2, 0) is 6.54 Å². The second kappa shape index (κ2) is 6.55. The van der Waals surface area contributed by atoms with E-state index in [2.05, 4.69) is 0 Å². The van der Waals surface area contributed by atoms with E-state index in [1.165, 1.54) is 0 Å². The monoisotopic (exact) mass is 331 g/mol. The molecule has 0 amide bonds. The Bertz CT molecular complexity index is 853. The largest absolute Gasteiger partial charge is 0.308 e. The maximum atomic E-state index is 12.5. The second-order valence-corrected chi connectivity index (χ2v) is 5.93. The Morgan fingerprint density at radius 3 is 2.45 bits per heavy atom. The third-order valence-corrected chi connectivity index (χ3v) is 4.21. The highest BCUT2D eigenvalue weighted by atomic mass is 35.5. The first-order valence-corrected chi connectivity index (χ1v) is 8.06. The van der Waals surface area contributed by atoms with Crippen LogP contribution in [0.25, 0.3) is 22.0 Å². The van der Waals surface area contributed by atoms with E-state index < -0.39 is 0 Å². The zero-order chi connectivity index (χ0) is 15.5. The van der Waals surface area contributed by atoms with E-state index >= 15 is 0 Å². The van der Waals surface area contributed by atoms with E-state index in [4.69, 9.17) is 23.2 Å². The lowest BCUT2D eigenvalue weighted by atomic mass is 10.0. The zero-order valence-electron chi connectivity index (χ0n) is 11.9. The summed E-state index contributed by atoms with van der Waals surface area (Å²) in [5.41, 5.74) is 2.85. The number of rotatable bonds is 4. The normalized spacial score (nSPS) is 11.0. The van der Waals surface area contributed by atoms with Gasteiger partial charge in [-0.2, -0.15) is 0 Å². The van der Waals surface area contributed by atoms with Crippen LogP contribution in [0.3, 0.4) is 0 Å². The van der Waals surface area contributed by atoms with Gasteiger partial charge >= 0.3 is 0 Å². The molecule has 0 bridgehead atoms. The molecule has 2 aromatic carbocycles. The van der Waals surface area contributed by atoms with E-state index in [9.17, 15) is 4.79 Å². The summed E-state index contributed by atoms with van der Waals surface area (Å²) in [6.45, 7) is 0.629. The quantitative estimate of drug-likeness (QED) is 0.620. The molecule has 4 heteroatoms. The van der Waals surface area contributed by atoms with Gasteiger partial charge in [-0.05, 0) is 35.7 Å². The van der Waals surface area contributed by atoms with Crippen LogP contribution in [0.4, 0.5) is 0 Å². The average molecular weight is 332 g/mol. The molecule has 0 N–H and O–H groups in total. The molecule has 0 aliphatic rings. The Morgan fingerprint density at radius 1 is 1.00 bits per heavy atom. The number of para-hydroxylation sites is 1. The lowest BCUT2D eigenvalue weighted by molar-refractivity contribution is 0.682. The summed E-state index contributed by atoms with van der Waals surface area (Å²) in [5, 5.41) is 1.74. The number of pyridine rings is 1. The van der Waals surface area contributed by atoms with Crippen molar-refractivity contribution in [1.82, 2.24) is 4.57 Å². The molecule has 0 aliphatic carbocycles. The maximum Gasteiger partial charge on any atom is 0.251 e. The van der Waals surface area contributed by atoms with Crippen LogP contribution in [0.2, 0.25) is 5.02 Å². The van der Waals surface area contributed by atoms with Crippen molar-refractivity contribution in [3.05, 3.63) is 70.0 Å². The van der Waals surface area contributed by atoms with Crippen LogP contribution >= 0.6 is 23.2 Å². The minimum atomic E-state index is -0.00577. The van der Waals surface area contributed by atoms with Crippen LogP contribution in [0.1, 0.15) is 6.42 Å². The van der Waals surface area contributed by atoms with Gasteiger partial charge < -0.3 is 4.57 Å². The van der Waals surface area contributed by atoms with Gasteiger partial charge in [0.25, 0.3) is 5.56 Å². The standard InChI is InChI=1S/C18H15Cl2NO/c19-10-3-11-21-17-5-2-1-4-15(17)16(12-18(21)22)13-6-8-14(20)9-7-13/h1-2,4-9,12H,3,10-11H2. The highest BCUT2D eigenvalue weighted by molar-refractivity contribution is 6.30. The highest BCUT2D eigenvalue weighted by Gasteiger charge is 2.10. The molecule has 2 nitrogen and oxygen atoms in total. The lowest BCUT2D eigenvalue weighted by Gasteiger charge is -2.13. The van der Waals surface area contributed by atoms with Crippen molar-refractivity contribution in [2.24, 2.45) is 0 Å². The van der Waals surface area contributed by atoms with Crippen LogP contribution in [-0.4, -0.2) is 10.4 Å². The number of hydrogen-bond donors (Lipinski definition) is 0. The smallest absolute Gasteiger partial charge is 0.251 e. The topological polar surface area (TPSA) is 22.0 Å². The molecule has 112 valence electrons. The number of hydrogen-bond acceptors (Lipinski definition) is 1. The van der Waals surface area contributed by atoms with Gasteiger partial charge in [0.15, 0.2) is 0 Å². The van der Waals surface area contributed by atoms with E-state index in [-0.39, 0.29) is 5.56 Å². The summed E-state index contributed by atoms with van der Waals surface area (Å²) in [6, 6.07) is 17.2. The van der Waals surface area contributed by atoms with E-state index in [0.717, 1.165) is 28.5 Å². The summed E-state index contributed by atoms with van der Waals surface area (Å²) < 4.78 is 1.79. The summed E-state index contributed by atoms with van der Waals surface area (Å²) >= 11 is 11.7. The average Bonchev–Trinajstić information content (AvgIpc) is 2.54. The van der Waals surface area contributed by atoms with Gasteiger partial charge in [0.1, 0.15) is 0 Å². The van der Waals surface area contributed by atoms with Gasteiger partial charge in [0.2, 0.25) is 0 Å². The molecule has 3 rings (SSSR count). The predicted molar refractivity (Wildman–Crippen MR) is 94.0 cm³/mol. The van der Waals surface area contributed by atoms with Crippen LogP contribution < -0.4 is 5.56 Å². The maximum absolute atomic E-state index is 12.5. The van der Waals surface area contributed by atoms with Crippen molar-refractivity contribution < 1.29 is 0 Å². The fraction of sp³-hybridized carbons (Fsp3) is 0.167. The Kier molecular flexibility index (Phi) is 4.51. The van der Waals surface area contributed by atoms with Crippen molar-refractivity contribution >= 4 is 34.1 Å². The van der Waals surface area contributed by atoms with Gasteiger partial charge in [-0.1, -0.05) is 41.9 Å². The Balaban J connectivity index is 2.24. The van der Waals surface area contributed by atoms with Crippen LogP contribution in [0.5, 0.6) is 0 Å². The Morgan fingerprint density at radius 2 is 1.73 bits per heavy atom. The number of halogens is 2. The van der Waals surface area contributed by atoms with Crippen LogP contribution in [0, 0.1) is 0 Å². The third kappa shape index (κ3) is 2.90. The van der Waals surface area contributed by atoms with Crippen molar-refractivity contribution in [1.29, 1.82) is 0 Å². The molecule has 0 unspecified atom stereocenters. The van der Waals surface area contributed by atoms with Crippen LogP contribution in [0.15, 0.2) is 59.4 Å².